The molecule has 116 valence electrons. The number of nitrogens with one attached hydrogen (secondary N) is 1. The minimum Gasteiger partial charge on any atom is -0.352 e. The maximum absolute atomic E-state index is 12.1. The molecule has 1 saturated carbocycles. The highest BCUT2D eigenvalue weighted by atomic mass is 16.2. The summed E-state index contributed by atoms with van der Waals surface area (Å²) in [5.74, 6) is -1.63. The standard InChI is InChI=1S/C14H21N3O4/c1-8(2)6-16-12(19)13(20)17(14(16)21)7-11(18)15-9(3)10-4-5-10/h8-10H,4-7H2,1-3H3,(H,15,18)/t9-/m0/s1. The number of hydrogen-bond acceptors (Lipinski definition) is 4. The fraction of sp³-hybridized carbons (Fsp3) is 0.714. The van der Waals surface area contributed by atoms with Gasteiger partial charge in [0.05, 0.1) is 0 Å². The van der Waals surface area contributed by atoms with Gasteiger partial charge in [-0.05, 0) is 31.6 Å². The van der Waals surface area contributed by atoms with Gasteiger partial charge >= 0.3 is 17.8 Å². The van der Waals surface area contributed by atoms with Gasteiger partial charge in [-0.15, -0.1) is 0 Å². The van der Waals surface area contributed by atoms with E-state index in [9.17, 15) is 19.2 Å². The summed E-state index contributed by atoms with van der Waals surface area (Å²) in [5, 5.41) is 2.77. The van der Waals surface area contributed by atoms with Crippen molar-refractivity contribution in [2.24, 2.45) is 11.8 Å². The third kappa shape index (κ3) is 3.40. The zero-order chi connectivity index (χ0) is 15.7. The first-order chi connectivity index (χ1) is 9.81. The van der Waals surface area contributed by atoms with Crippen LogP contribution < -0.4 is 5.32 Å². The molecule has 2 aliphatic rings. The number of carbonyl (C=O) groups excluding carboxylic acids is 4. The maximum atomic E-state index is 12.1. The molecule has 0 unspecified atom stereocenters. The Kier molecular flexibility index (Phi) is 4.29. The predicted octanol–water partition coefficient (Wildman–Crippen LogP) is 0.348. The first-order valence-electron chi connectivity index (χ1n) is 7.28. The second kappa shape index (κ2) is 5.83. The summed E-state index contributed by atoms with van der Waals surface area (Å²) >= 11 is 0. The average molecular weight is 295 g/mol. The van der Waals surface area contributed by atoms with Crippen molar-refractivity contribution in [2.45, 2.75) is 39.7 Å². The highest BCUT2D eigenvalue weighted by Crippen LogP contribution is 2.32. The molecular formula is C14H21N3O4. The van der Waals surface area contributed by atoms with Gasteiger partial charge in [0.1, 0.15) is 6.54 Å². The Balaban J connectivity index is 1.95. The Bertz CT molecular complexity index is 485. The fourth-order valence-electron chi connectivity index (χ4n) is 2.37. The summed E-state index contributed by atoms with van der Waals surface area (Å²) in [6, 6.07) is -0.666. The molecule has 5 amide bonds. The van der Waals surface area contributed by atoms with Crippen LogP contribution in [0, 0.1) is 11.8 Å². The molecule has 2 fully saturated rings. The highest BCUT2D eigenvalue weighted by Gasteiger charge is 2.45. The normalized spacial score (nSPS) is 20.5. The van der Waals surface area contributed by atoms with Crippen molar-refractivity contribution in [2.75, 3.05) is 13.1 Å². The summed E-state index contributed by atoms with van der Waals surface area (Å²) in [6.07, 6.45) is 2.17. The zero-order valence-corrected chi connectivity index (χ0v) is 12.6. The average Bonchev–Trinajstić information content (AvgIpc) is 3.21. The molecule has 7 nitrogen and oxygen atoms in total. The molecule has 0 aromatic carbocycles. The number of imide groups is 2. The molecule has 7 heteroatoms. The van der Waals surface area contributed by atoms with E-state index in [1.54, 1.807) is 0 Å². The predicted molar refractivity (Wildman–Crippen MR) is 74.0 cm³/mol. The fourth-order valence-corrected chi connectivity index (χ4v) is 2.37. The van der Waals surface area contributed by atoms with E-state index in [4.69, 9.17) is 0 Å². The summed E-state index contributed by atoms with van der Waals surface area (Å²) in [5.41, 5.74) is 0. The van der Waals surface area contributed by atoms with Crippen LogP contribution in [0.4, 0.5) is 4.79 Å². The second-order valence-electron chi connectivity index (χ2n) is 6.18. The van der Waals surface area contributed by atoms with Crippen molar-refractivity contribution < 1.29 is 19.2 Å². The molecule has 0 spiro atoms. The Morgan fingerprint density at radius 2 is 1.71 bits per heavy atom. The van der Waals surface area contributed by atoms with E-state index in [1.807, 2.05) is 20.8 Å². The van der Waals surface area contributed by atoms with E-state index >= 15 is 0 Å². The molecule has 2 rings (SSSR count). The number of rotatable bonds is 6. The summed E-state index contributed by atoms with van der Waals surface area (Å²) in [7, 11) is 0. The molecule has 0 aromatic heterocycles. The first-order valence-corrected chi connectivity index (χ1v) is 7.28. The van der Waals surface area contributed by atoms with Crippen LogP contribution in [0.5, 0.6) is 0 Å². The Morgan fingerprint density at radius 1 is 1.14 bits per heavy atom. The summed E-state index contributed by atoms with van der Waals surface area (Å²) in [6.45, 7) is 5.38. The van der Waals surface area contributed by atoms with Gasteiger partial charge in [-0.25, -0.2) is 9.69 Å². The molecule has 0 bridgehead atoms. The SMILES string of the molecule is CC(C)CN1C(=O)C(=O)N(CC(=O)N[C@@H](C)C2CC2)C1=O. The minimum absolute atomic E-state index is 0.0350. The van der Waals surface area contributed by atoms with Gasteiger partial charge in [0.2, 0.25) is 5.91 Å². The lowest BCUT2D eigenvalue weighted by atomic mass is 10.2. The molecule has 21 heavy (non-hydrogen) atoms. The van der Waals surface area contributed by atoms with Crippen LogP contribution in [-0.4, -0.2) is 52.7 Å². The lowest BCUT2D eigenvalue weighted by molar-refractivity contribution is -0.144. The van der Waals surface area contributed by atoms with Gasteiger partial charge < -0.3 is 5.32 Å². The lowest BCUT2D eigenvalue weighted by Gasteiger charge is -2.18. The molecule has 1 saturated heterocycles. The Morgan fingerprint density at radius 3 is 2.24 bits per heavy atom. The topological polar surface area (TPSA) is 86.8 Å². The van der Waals surface area contributed by atoms with Gasteiger partial charge in [-0.2, -0.15) is 0 Å². The van der Waals surface area contributed by atoms with Crippen LogP contribution in [0.2, 0.25) is 0 Å². The molecule has 1 aliphatic heterocycles. The van der Waals surface area contributed by atoms with E-state index in [1.165, 1.54) is 0 Å². The van der Waals surface area contributed by atoms with Gasteiger partial charge in [0.25, 0.3) is 0 Å². The first kappa shape index (κ1) is 15.5. The number of urea groups is 1. The summed E-state index contributed by atoms with van der Waals surface area (Å²) < 4.78 is 0. The van der Waals surface area contributed by atoms with Gasteiger partial charge in [-0.1, -0.05) is 13.8 Å². The molecule has 0 radical (unpaired) electrons. The van der Waals surface area contributed by atoms with Crippen LogP contribution in [0.15, 0.2) is 0 Å². The third-order valence-corrected chi connectivity index (χ3v) is 3.70. The smallest absolute Gasteiger partial charge is 0.334 e. The van der Waals surface area contributed by atoms with Crippen molar-refractivity contribution in [3.8, 4) is 0 Å². The van der Waals surface area contributed by atoms with E-state index in [2.05, 4.69) is 5.32 Å². The third-order valence-electron chi connectivity index (χ3n) is 3.70. The molecule has 1 N–H and O–H groups in total. The van der Waals surface area contributed by atoms with Gasteiger partial charge in [0, 0.05) is 12.6 Å². The van der Waals surface area contributed by atoms with Crippen molar-refractivity contribution in [3.05, 3.63) is 0 Å². The van der Waals surface area contributed by atoms with E-state index in [0.29, 0.717) is 5.92 Å². The van der Waals surface area contributed by atoms with Crippen molar-refractivity contribution in [1.29, 1.82) is 0 Å². The maximum Gasteiger partial charge on any atom is 0.334 e. The largest absolute Gasteiger partial charge is 0.352 e. The van der Waals surface area contributed by atoms with Crippen molar-refractivity contribution in [1.82, 2.24) is 15.1 Å². The van der Waals surface area contributed by atoms with Crippen LogP contribution in [-0.2, 0) is 14.4 Å². The molecule has 1 aliphatic carbocycles. The number of carbonyl (C=O) groups is 4. The van der Waals surface area contributed by atoms with Crippen LogP contribution in [0.1, 0.15) is 33.6 Å². The van der Waals surface area contributed by atoms with Crippen LogP contribution in [0.3, 0.4) is 0 Å². The Hall–Kier alpha value is -1.92. The molecule has 1 atom stereocenters. The van der Waals surface area contributed by atoms with Crippen molar-refractivity contribution >= 4 is 23.8 Å². The summed E-state index contributed by atoms with van der Waals surface area (Å²) in [4.78, 5) is 49.1. The quantitative estimate of drug-likeness (QED) is 0.566. The van der Waals surface area contributed by atoms with E-state index in [-0.39, 0.29) is 18.5 Å². The Labute approximate surface area is 123 Å². The van der Waals surface area contributed by atoms with Gasteiger partial charge in [0.15, 0.2) is 0 Å². The number of amides is 5. The molecular weight excluding hydrogens is 274 g/mol. The zero-order valence-electron chi connectivity index (χ0n) is 12.6. The highest BCUT2D eigenvalue weighted by molar-refractivity contribution is 6.45. The second-order valence-corrected chi connectivity index (χ2v) is 6.18. The van der Waals surface area contributed by atoms with E-state index < -0.39 is 30.3 Å². The lowest BCUT2D eigenvalue weighted by Crippen LogP contribution is -2.44. The minimum atomic E-state index is -0.921. The number of nitrogens with zero attached hydrogens (tertiary/aromatic N) is 2. The van der Waals surface area contributed by atoms with Crippen LogP contribution in [0.25, 0.3) is 0 Å². The van der Waals surface area contributed by atoms with Gasteiger partial charge in [-0.3, -0.25) is 19.3 Å². The monoisotopic (exact) mass is 295 g/mol. The molecule has 1 heterocycles. The van der Waals surface area contributed by atoms with E-state index in [0.717, 1.165) is 22.6 Å². The number of hydrogen-bond donors (Lipinski definition) is 1. The van der Waals surface area contributed by atoms with Crippen LogP contribution >= 0.6 is 0 Å². The molecule has 0 aromatic rings. The van der Waals surface area contributed by atoms with Crippen molar-refractivity contribution in [3.63, 3.8) is 0 Å².